The molecule has 76 valence electrons. The van der Waals surface area contributed by atoms with Crippen molar-refractivity contribution in [3.05, 3.63) is 28.3 Å². The van der Waals surface area contributed by atoms with Gasteiger partial charge in [-0.15, -0.1) is 0 Å². The molecule has 0 heterocycles. The van der Waals surface area contributed by atoms with Crippen LogP contribution in [0.15, 0.2) is 12.1 Å². The Morgan fingerprint density at radius 1 is 1.29 bits per heavy atom. The highest BCUT2D eigenvalue weighted by Gasteiger charge is 2.05. The molecule has 2 amide bonds. The molecular formula is C10H13ClN2O. The van der Waals surface area contributed by atoms with Gasteiger partial charge in [0.15, 0.2) is 0 Å². The summed E-state index contributed by atoms with van der Waals surface area (Å²) < 4.78 is 0. The van der Waals surface area contributed by atoms with Crippen molar-refractivity contribution in [1.82, 2.24) is 5.32 Å². The first-order chi connectivity index (χ1) is 6.54. The lowest BCUT2D eigenvalue weighted by atomic mass is 10.1. The van der Waals surface area contributed by atoms with Gasteiger partial charge in [-0.1, -0.05) is 11.6 Å². The van der Waals surface area contributed by atoms with Crippen LogP contribution >= 0.6 is 11.6 Å². The van der Waals surface area contributed by atoms with Crippen LogP contribution in [-0.2, 0) is 0 Å². The zero-order chi connectivity index (χ0) is 10.7. The molecule has 0 unspecified atom stereocenters. The SMILES string of the molecule is CNC(=O)Nc1cc(C)c(Cl)cc1C. The van der Waals surface area contributed by atoms with Gasteiger partial charge in [0, 0.05) is 17.8 Å². The standard InChI is InChI=1S/C10H13ClN2O/c1-6-5-9(13-10(14)12-3)7(2)4-8(6)11/h4-5H,1-3H3,(H2,12,13,14). The molecule has 0 radical (unpaired) electrons. The highest BCUT2D eigenvalue weighted by Crippen LogP contribution is 2.23. The molecule has 0 aliphatic heterocycles. The fraction of sp³-hybridized carbons (Fsp3) is 0.300. The van der Waals surface area contributed by atoms with E-state index in [1.54, 1.807) is 7.05 Å². The molecule has 0 aromatic heterocycles. The van der Waals surface area contributed by atoms with Crippen LogP contribution in [-0.4, -0.2) is 13.1 Å². The van der Waals surface area contributed by atoms with Crippen LogP contribution in [0.1, 0.15) is 11.1 Å². The molecule has 4 heteroatoms. The minimum absolute atomic E-state index is 0.227. The fourth-order valence-electron chi connectivity index (χ4n) is 1.10. The third-order valence-corrected chi connectivity index (χ3v) is 2.39. The fourth-order valence-corrected chi connectivity index (χ4v) is 1.32. The van der Waals surface area contributed by atoms with E-state index in [2.05, 4.69) is 10.6 Å². The van der Waals surface area contributed by atoms with Gasteiger partial charge in [0.25, 0.3) is 0 Å². The van der Waals surface area contributed by atoms with Crippen molar-refractivity contribution in [3.8, 4) is 0 Å². The molecule has 0 atom stereocenters. The van der Waals surface area contributed by atoms with Gasteiger partial charge in [0.1, 0.15) is 0 Å². The molecule has 1 rings (SSSR count). The molecule has 0 aliphatic rings. The lowest BCUT2D eigenvalue weighted by molar-refractivity contribution is 0.254. The van der Waals surface area contributed by atoms with Crippen LogP contribution in [0, 0.1) is 13.8 Å². The number of nitrogens with one attached hydrogen (secondary N) is 2. The van der Waals surface area contributed by atoms with E-state index >= 15 is 0 Å². The second-order valence-electron chi connectivity index (χ2n) is 3.12. The number of rotatable bonds is 1. The number of hydrogen-bond acceptors (Lipinski definition) is 1. The van der Waals surface area contributed by atoms with Crippen molar-refractivity contribution in [2.24, 2.45) is 0 Å². The number of hydrogen-bond donors (Lipinski definition) is 2. The van der Waals surface area contributed by atoms with E-state index in [-0.39, 0.29) is 6.03 Å². The highest BCUT2D eigenvalue weighted by atomic mass is 35.5. The summed E-state index contributed by atoms with van der Waals surface area (Å²) in [5.41, 5.74) is 2.68. The Bertz CT molecular complexity index is 363. The Balaban J connectivity index is 2.98. The van der Waals surface area contributed by atoms with Gasteiger partial charge < -0.3 is 10.6 Å². The number of aryl methyl sites for hydroxylation is 2. The first-order valence-electron chi connectivity index (χ1n) is 4.30. The molecule has 3 nitrogen and oxygen atoms in total. The van der Waals surface area contributed by atoms with E-state index in [1.165, 1.54) is 0 Å². The molecule has 0 fully saturated rings. The molecule has 1 aromatic rings. The number of anilines is 1. The Labute approximate surface area is 88.5 Å². The average molecular weight is 213 g/mol. The topological polar surface area (TPSA) is 41.1 Å². The van der Waals surface area contributed by atoms with Gasteiger partial charge in [-0.2, -0.15) is 0 Å². The van der Waals surface area contributed by atoms with Gasteiger partial charge in [0.2, 0.25) is 0 Å². The van der Waals surface area contributed by atoms with Crippen LogP contribution in [0.25, 0.3) is 0 Å². The lowest BCUT2D eigenvalue weighted by Crippen LogP contribution is -2.24. The first-order valence-corrected chi connectivity index (χ1v) is 4.68. The summed E-state index contributed by atoms with van der Waals surface area (Å²) in [5.74, 6) is 0. The van der Waals surface area contributed by atoms with Gasteiger partial charge >= 0.3 is 6.03 Å². The van der Waals surface area contributed by atoms with E-state index in [1.807, 2.05) is 26.0 Å². The molecule has 2 N–H and O–H groups in total. The Morgan fingerprint density at radius 2 is 1.93 bits per heavy atom. The number of carbonyl (C=O) groups excluding carboxylic acids is 1. The number of carbonyl (C=O) groups is 1. The average Bonchev–Trinajstić information content (AvgIpc) is 2.14. The van der Waals surface area contributed by atoms with Crippen molar-refractivity contribution in [2.75, 3.05) is 12.4 Å². The molecule has 0 saturated carbocycles. The summed E-state index contributed by atoms with van der Waals surface area (Å²) in [7, 11) is 1.58. The third kappa shape index (κ3) is 2.39. The van der Waals surface area contributed by atoms with Crippen LogP contribution in [0.5, 0.6) is 0 Å². The van der Waals surface area contributed by atoms with Crippen LogP contribution in [0.3, 0.4) is 0 Å². The highest BCUT2D eigenvalue weighted by molar-refractivity contribution is 6.31. The first kappa shape index (κ1) is 10.9. The monoisotopic (exact) mass is 212 g/mol. The molecule has 0 spiro atoms. The molecular weight excluding hydrogens is 200 g/mol. The zero-order valence-electron chi connectivity index (χ0n) is 8.44. The minimum Gasteiger partial charge on any atom is -0.341 e. The minimum atomic E-state index is -0.227. The molecule has 0 saturated heterocycles. The second-order valence-corrected chi connectivity index (χ2v) is 3.53. The number of benzene rings is 1. The molecule has 1 aromatic carbocycles. The normalized spacial score (nSPS) is 9.71. The molecule has 14 heavy (non-hydrogen) atoms. The van der Waals surface area contributed by atoms with Crippen LogP contribution in [0.4, 0.5) is 10.5 Å². The number of amides is 2. The molecule has 0 aliphatic carbocycles. The maximum Gasteiger partial charge on any atom is 0.318 e. The number of urea groups is 1. The summed E-state index contributed by atoms with van der Waals surface area (Å²) in [6.45, 7) is 3.80. The van der Waals surface area contributed by atoms with Crippen LogP contribution in [0.2, 0.25) is 5.02 Å². The Morgan fingerprint density at radius 3 is 2.50 bits per heavy atom. The van der Waals surface area contributed by atoms with Crippen molar-refractivity contribution >= 4 is 23.3 Å². The maximum absolute atomic E-state index is 11.1. The summed E-state index contributed by atoms with van der Waals surface area (Å²) in [4.78, 5) is 11.1. The zero-order valence-corrected chi connectivity index (χ0v) is 9.20. The smallest absolute Gasteiger partial charge is 0.318 e. The quantitative estimate of drug-likeness (QED) is 0.739. The van der Waals surface area contributed by atoms with E-state index in [0.717, 1.165) is 16.8 Å². The van der Waals surface area contributed by atoms with E-state index in [0.29, 0.717) is 5.02 Å². The Hall–Kier alpha value is -1.22. The largest absolute Gasteiger partial charge is 0.341 e. The third-order valence-electron chi connectivity index (χ3n) is 1.98. The van der Waals surface area contributed by atoms with Gasteiger partial charge in [-0.3, -0.25) is 0 Å². The summed E-state index contributed by atoms with van der Waals surface area (Å²) in [5, 5.41) is 5.92. The maximum atomic E-state index is 11.1. The van der Waals surface area contributed by atoms with E-state index in [9.17, 15) is 4.79 Å². The van der Waals surface area contributed by atoms with Crippen molar-refractivity contribution < 1.29 is 4.79 Å². The van der Waals surface area contributed by atoms with Crippen molar-refractivity contribution in [3.63, 3.8) is 0 Å². The predicted octanol–water partition coefficient (Wildman–Crippen LogP) is 2.71. The molecule has 0 bridgehead atoms. The Kier molecular flexibility index (Phi) is 3.36. The van der Waals surface area contributed by atoms with Crippen molar-refractivity contribution in [2.45, 2.75) is 13.8 Å². The predicted molar refractivity (Wildman–Crippen MR) is 59.0 cm³/mol. The lowest BCUT2D eigenvalue weighted by Gasteiger charge is -2.09. The van der Waals surface area contributed by atoms with E-state index < -0.39 is 0 Å². The summed E-state index contributed by atoms with van der Waals surface area (Å²) in [6, 6.07) is 3.46. The van der Waals surface area contributed by atoms with Gasteiger partial charge in [0.05, 0.1) is 0 Å². The van der Waals surface area contributed by atoms with Gasteiger partial charge in [-0.05, 0) is 37.1 Å². The van der Waals surface area contributed by atoms with E-state index in [4.69, 9.17) is 11.6 Å². The summed E-state index contributed by atoms with van der Waals surface area (Å²) >= 11 is 5.93. The van der Waals surface area contributed by atoms with Crippen molar-refractivity contribution in [1.29, 1.82) is 0 Å². The second kappa shape index (κ2) is 4.33. The number of halogens is 1. The van der Waals surface area contributed by atoms with Crippen LogP contribution < -0.4 is 10.6 Å². The summed E-state index contributed by atoms with van der Waals surface area (Å²) in [6.07, 6.45) is 0. The van der Waals surface area contributed by atoms with Gasteiger partial charge in [-0.25, -0.2) is 4.79 Å².